The number of nitrogens with one attached hydrogen (secondary N) is 2. The lowest BCUT2D eigenvalue weighted by Gasteiger charge is -2.32. The van der Waals surface area contributed by atoms with E-state index in [9.17, 15) is 14.4 Å². The molecule has 7 heteroatoms. The highest BCUT2D eigenvalue weighted by molar-refractivity contribution is 5.94. The number of nitrogens with zero attached hydrogens (tertiary/aromatic N) is 1. The molecule has 7 nitrogen and oxygen atoms in total. The van der Waals surface area contributed by atoms with Crippen molar-refractivity contribution in [3.05, 3.63) is 23.8 Å². The summed E-state index contributed by atoms with van der Waals surface area (Å²) >= 11 is 0. The van der Waals surface area contributed by atoms with Crippen LogP contribution in [-0.4, -0.2) is 48.9 Å². The molecule has 0 radical (unpaired) electrons. The van der Waals surface area contributed by atoms with Crippen LogP contribution in [0.25, 0.3) is 0 Å². The third-order valence-electron chi connectivity index (χ3n) is 6.25. The molecule has 2 heterocycles. The maximum Gasteiger partial charge on any atom is 0.224 e. The normalized spacial score (nSPS) is 18.0. The second kappa shape index (κ2) is 12.5. The summed E-state index contributed by atoms with van der Waals surface area (Å²) in [4.78, 5) is 38.4. The zero-order valence-corrected chi connectivity index (χ0v) is 19.3. The quantitative estimate of drug-likeness (QED) is 0.511. The first kappa shape index (κ1) is 24.1. The lowest BCUT2D eigenvalue weighted by Crippen LogP contribution is -2.45. The van der Waals surface area contributed by atoms with Crippen LogP contribution in [0, 0.1) is 5.92 Å². The zero-order valence-electron chi connectivity index (χ0n) is 19.3. The minimum Gasteiger partial charge on any atom is -0.494 e. The average molecular weight is 444 g/mol. The largest absolute Gasteiger partial charge is 0.494 e. The smallest absolute Gasteiger partial charge is 0.224 e. The molecule has 0 aromatic heterocycles. The SMILES string of the molecule is CCCCCCNC(=O)C1CCCN(C(=O)CCCOc2ccc3c(c2)CCC(=O)N3)C1. The molecule has 1 fully saturated rings. The van der Waals surface area contributed by atoms with Crippen molar-refractivity contribution in [1.29, 1.82) is 0 Å². The second-order valence-electron chi connectivity index (χ2n) is 8.85. The van der Waals surface area contributed by atoms with Crippen molar-refractivity contribution in [2.24, 2.45) is 5.92 Å². The first-order valence-corrected chi connectivity index (χ1v) is 12.2. The number of benzene rings is 1. The molecule has 0 saturated carbocycles. The Kier molecular flexibility index (Phi) is 9.38. The van der Waals surface area contributed by atoms with Crippen LogP contribution in [0.15, 0.2) is 18.2 Å². The molecule has 3 rings (SSSR count). The molecule has 32 heavy (non-hydrogen) atoms. The number of amides is 3. The Labute approximate surface area is 191 Å². The summed E-state index contributed by atoms with van der Waals surface area (Å²) in [5, 5.41) is 5.91. The van der Waals surface area contributed by atoms with Gasteiger partial charge in [0.1, 0.15) is 5.75 Å². The number of carbonyl (C=O) groups excluding carboxylic acids is 3. The first-order chi connectivity index (χ1) is 15.6. The Morgan fingerprint density at radius 1 is 1.19 bits per heavy atom. The predicted octanol–water partition coefficient (Wildman–Crippen LogP) is 3.67. The molecule has 0 aliphatic carbocycles. The van der Waals surface area contributed by atoms with Crippen LogP contribution in [0.1, 0.15) is 70.3 Å². The van der Waals surface area contributed by atoms with E-state index in [1.165, 1.54) is 12.8 Å². The van der Waals surface area contributed by atoms with Gasteiger partial charge in [0.2, 0.25) is 17.7 Å². The zero-order chi connectivity index (χ0) is 22.8. The maximum absolute atomic E-state index is 12.6. The molecule has 1 aromatic carbocycles. The van der Waals surface area contributed by atoms with Gasteiger partial charge < -0.3 is 20.3 Å². The van der Waals surface area contributed by atoms with Crippen molar-refractivity contribution in [3.8, 4) is 5.75 Å². The van der Waals surface area contributed by atoms with Gasteiger partial charge in [0.15, 0.2) is 0 Å². The Bertz CT molecular complexity index is 795. The fourth-order valence-electron chi connectivity index (χ4n) is 4.35. The van der Waals surface area contributed by atoms with Gasteiger partial charge >= 0.3 is 0 Å². The standard InChI is InChI=1S/C25H37N3O4/c1-2-3-4-5-14-26-25(31)20-8-6-15-28(18-20)24(30)9-7-16-32-21-11-12-22-19(17-21)10-13-23(29)27-22/h11-12,17,20H,2-10,13-16,18H2,1H3,(H,26,31)(H,27,29). The topological polar surface area (TPSA) is 87.7 Å². The van der Waals surface area contributed by atoms with Crippen LogP contribution in [-0.2, 0) is 20.8 Å². The Morgan fingerprint density at radius 3 is 2.91 bits per heavy atom. The van der Waals surface area contributed by atoms with Crippen LogP contribution < -0.4 is 15.4 Å². The molecule has 0 bridgehead atoms. The van der Waals surface area contributed by atoms with Gasteiger partial charge in [0.05, 0.1) is 12.5 Å². The highest BCUT2D eigenvalue weighted by Crippen LogP contribution is 2.27. The van der Waals surface area contributed by atoms with Crippen LogP contribution in [0.4, 0.5) is 5.69 Å². The fraction of sp³-hybridized carbons (Fsp3) is 0.640. The van der Waals surface area contributed by atoms with E-state index in [4.69, 9.17) is 4.74 Å². The van der Waals surface area contributed by atoms with Crippen molar-refractivity contribution in [2.45, 2.75) is 71.1 Å². The summed E-state index contributed by atoms with van der Waals surface area (Å²) in [5.74, 6) is 0.911. The summed E-state index contributed by atoms with van der Waals surface area (Å²) < 4.78 is 5.82. The molecule has 2 aliphatic rings. The average Bonchev–Trinajstić information content (AvgIpc) is 2.81. The lowest BCUT2D eigenvalue weighted by atomic mass is 9.96. The van der Waals surface area contributed by atoms with E-state index in [0.29, 0.717) is 32.4 Å². The third kappa shape index (κ3) is 7.24. The number of piperidine rings is 1. The van der Waals surface area contributed by atoms with Crippen LogP contribution in [0.3, 0.4) is 0 Å². The summed E-state index contributed by atoms with van der Waals surface area (Å²) in [7, 11) is 0. The van der Waals surface area contributed by atoms with Crippen molar-refractivity contribution in [1.82, 2.24) is 10.2 Å². The second-order valence-corrected chi connectivity index (χ2v) is 8.85. The molecule has 176 valence electrons. The number of hydrogen-bond donors (Lipinski definition) is 2. The molecular weight excluding hydrogens is 406 g/mol. The minimum absolute atomic E-state index is 0.0501. The van der Waals surface area contributed by atoms with Crippen molar-refractivity contribution < 1.29 is 19.1 Å². The Balaban J connectivity index is 1.35. The molecule has 3 amide bonds. The molecule has 0 spiro atoms. The van der Waals surface area contributed by atoms with Gasteiger partial charge in [-0.3, -0.25) is 14.4 Å². The molecule has 1 atom stereocenters. The number of unbranched alkanes of at least 4 members (excludes halogenated alkanes) is 3. The number of ether oxygens (including phenoxy) is 1. The van der Waals surface area contributed by atoms with Gasteiger partial charge in [-0.15, -0.1) is 0 Å². The van der Waals surface area contributed by atoms with E-state index in [1.807, 2.05) is 23.1 Å². The summed E-state index contributed by atoms with van der Waals surface area (Å²) in [6.07, 6.45) is 8.57. The van der Waals surface area contributed by atoms with Crippen molar-refractivity contribution in [3.63, 3.8) is 0 Å². The highest BCUT2D eigenvalue weighted by Gasteiger charge is 2.27. The first-order valence-electron chi connectivity index (χ1n) is 12.2. The fourth-order valence-corrected chi connectivity index (χ4v) is 4.35. The van der Waals surface area contributed by atoms with Gasteiger partial charge in [-0.2, -0.15) is 0 Å². The number of carbonyl (C=O) groups is 3. The number of hydrogen-bond acceptors (Lipinski definition) is 4. The molecule has 1 saturated heterocycles. The minimum atomic E-state index is -0.0916. The Hall–Kier alpha value is -2.57. The summed E-state index contributed by atoms with van der Waals surface area (Å²) in [5.41, 5.74) is 1.94. The van der Waals surface area contributed by atoms with E-state index in [2.05, 4.69) is 17.6 Å². The van der Waals surface area contributed by atoms with Crippen LogP contribution in [0.2, 0.25) is 0 Å². The van der Waals surface area contributed by atoms with Gasteiger partial charge in [-0.25, -0.2) is 0 Å². The van der Waals surface area contributed by atoms with Gasteiger partial charge in [-0.1, -0.05) is 26.2 Å². The van der Waals surface area contributed by atoms with E-state index in [-0.39, 0.29) is 23.6 Å². The lowest BCUT2D eigenvalue weighted by molar-refractivity contribution is -0.136. The number of aryl methyl sites for hydroxylation is 1. The van der Waals surface area contributed by atoms with Gasteiger partial charge in [0.25, 0.3) is 0 Å². The molecular formula is C25H37N3O4. The Morgan fingerprint density at radius 2 is 2.06 bits per heavy atom. The van der Waals surface area contributed by atoms with E-state index in [1.54, 1.807) is 0 Å². The number of rotatable bonds is 11. The van der Waals surface area contributed by atoms with E-state index < -0.39 is 0 Å². The van der Waals surface area contributed by atoms with Gasteiger partial charge in [-0.05, 0) is 55.9 Å². The number of likely N-dealkylation sites (tertiary alicyclic amines) is 1. The van der Waals surface area contributed by atoms with E-state index in [0.717, 1.165) is 62.2 Å². The van der Waals surface area contributed by atoms with Crippen LogP contribution >= 0.6 is 0 Å². The van der Waals surface area contributed by atoms with Crippen molar-refractivity contribution >= 4 is 23.4 Å². The van der Waals surface area contributed by atoms with Crippen molar-refractivity contribution in [2.75, 3.05) is 31.6 Å². The summed E-state index contributed by atoms with van der Waals surface area (Å²) in [6.45, 7) is 4.63. The van der Waals surface area contributed by atoms with Crippen LogP contribution in [0.5, 0.6) is 5.75 Å². The third-order valence-corrected chi connectivity index (χ3v) is 6.25. The number of anilines is 1. The summed E-state index contributed by atoms with van der Waals surface area (Å²) in [6, 6.07) is 5.69. The molecule has 1 aromatic rings. The van der Waals surface area contributed by atoms with Gasteiger partial charge in [0, 0.05) is 38.2 Å². The van der Waals surface area contributed by atoms with E-state index >= 15 is 0 Å². The monoisotopic (exact) mass is 443 g/mol. The number of fused-ring (bicyclic) bond motifs is 1. The molecule has 1 unspecified atom stereocenters. The predicted molar refractivity (Wildman–Crippen MR) is 125 cm³/mol. The molecule has 2 N–H and O–H groups in total. The molecule has 2 aliphatic heterocycles. The maximum atomic E-state index is 12.6. The highest BCUT2D eigenvalue weighted by atomic mass is 16.5.